The van der Waals surface area contributed by atoms with Crippen molar-refractivity contribution < 1.29 is 4.79 Å². The van der Waals surface area contributed by atoms with Crippen LogP contribution in [0, 0.1) is 13.8 Å². The summed E-state index contributed by atoms with van der Waals surface area (Å²) in [5.41, 5.74) is 5.21. The molecule has 1 saturated carbocycles. The number of hydrogen-bond donors (Lipinski definition) is 3. The predicted octanol–water partition coefficient (Wildman–Crippen LogP) is 4.80. The van der Waals surface area contributed by atoms with Crippen LogP contribution in [0.1, 0.15) is 66.7 Å². The quantitative estimate of drug-likeness (QED) is 0.669. The largest absolute Gasteiger partial charge is 0.335 e. The minimum absolute atomic E-state index is 0.00317. The molecule has 160 valence electrons. The number of benzene rings is 2. The van der Waals surface area contributed by atoms with Crippen LogP contribution in [0.4, 0.5) is 4.79 Å². The fourth-order valence-electron chi connectivity index (χ4n) is 4.99. The van der Waals surface area contributed by atoms with Crippen LogP contribution in [-0.4, -0.2) is 30.7 Å². The van der Waals surface area contributed by atoms with Crippen LogP contribution >= 0.6 is 0 Å². The van der Waals surface area contributed by atoms with Gasteiger partial charge < -0.3 is 16.0 Å². The summed E-state index contributed by atoms with van der Waals surface area (Å²) in [6.45, 7) is 5.07. The van der Waals surface area contributed by atoms with Gasteiger partial charge in [0.2, 0.25) is 0 Å². The van der Waals surface area contributed by atoms with E-state index in [0.29, 0.717) is 12.1 Å². The molecule has 0 radical (unpaired) electrons. The van der Waals surface area contributed by atoms with Crippen LogP contribution in [0.5, 0.6) is 0 Å². The van der Waals surface area contributed by atoms with Crippen molar-refractivity contribution in [3.63, 3.8) is 0 Å². The van der Waals surface area contributed by atoms with Crippen molar-refractivity contribution in [1.29, 1.82) is 0 Å². The van der Waals surface area contributed by atoms with Gasteiger partial charge >= 0.3 is 6.03 Å². The molecule has 4 nitrogen and oxygen atoms in total. The van der Waals surface area contributed by atoms with E-state index >= 15 is 0 Å². The zero-order valence-corrected chi connectivity index (χ0v) is 18.3. The molecule has 2 aromatic rings. The highest BCUT2D eigenvalue weighted by molar-refractivity contribution is 5.74. The second-order valence-electron chi connectivity index (χ2n) is 9.20. The topological polar surface area (TPSA) is 53.2 Å². The summed E-state index contributed by atoms with van der Waals surface area (Å²) in [5, 5.41) is 10.1. The van der Waals surface area contributed by atoms with E-state index in [-0.39, 0.29) is 18.0 Å². The molecule has 2 atom stereocenters. The molecule has 4 rings (SSSR count). The van der Waals surface area contributed by atoms with Gasteiger partial charge in [0.25, 0.3) is 0 Å². The van der Waals surface area contributed by atoms with Gasteiger partial charge in [-0.15, -0.1) is 0 Å². The molecular formula is C26H35N3O. The molecule has 2 aliphatic rings. The molecule has 0 bridgehead atoms. The zero-order chi connectivity index (χ0) is 20.9. The summed E-state index contributed by atoms with van der Waals surface area (Å²) in [4.78, 5) is 12.5. The van der Waals surface area contributed by atoms with Gasteiger partial charge in [0.05, 0.1) is 0 Å². The van der Waals surface area contributed by atoms with Crippen LogP contribution < -0.4 is 16.0 Å². The first-order valence-electron chi connectivity index (χ1n) is 11.5. The van der Waals surface area contributed by atoms with E-state index in [9.17, 15) is 4.79 Å². The molecule has 3 N–H and O–H groups in total. The summed E-state index contributed by atoms with van der Waals surface area (Å²) in [5.74, 6) is 0.277. The van der Waals surface area contributed by atoms with E-state index in [4.69, 9.17) is 0 Å². The van der Waals surface area contributed by atoms with E-state index < -0.39 is 0 Å². The van der Waals surface area contributed by atoms with Gasteiger partial charge in [-0.05, 0) is 44.2 Å². The second kappa shape index (κ2) is 9.65. The lowest BCUT2D eigenvalue weighted by Gasteiger charge is -2.26. The van der Waals surface area contributed by atoms with Crippen molar-refractivity contribution in [2.75, 3.05) is 6.54 Å². The molecule has 1 saturated heterocycles. The van der Waals surface area contributed by atoms with E-state index in [2.05, 4.69) is 78.3 Å². The Morgan fingerprint density at radius 3 is 1.93 bits per heavy atom. The van der Waals surface area contributed by atoms with Crippen LogP contribution in [0.15, 0.2) is 48.5 Å². The predicted molar refractivity (Wildman–Crippen MR) is 123 cm³/mol. The third kappa shape index (κ3) is 5.23. The molecule has 0 spiro atoms. The number of aryl methyl sites for hydroxylation is 2. The Kier molecular flexibility index (Phi) is 6.73. The highest BCUT2D eigenvalue weighted by Gasteiger charge is 2.33. The Bertz CT molecular complexity index is 779. The van der Waals surface area contributed by atoms with E-state index in [0.717, 1.165) is 25.8 Å². The lowest BCUT2D eigenvalue weighted by Crippen LogP contribution is -2.47. The van der Waals surface area contributed by atoms with Crippen molar-refractivity contribution in [1.82, 2.24) is 16.0 Å². The number of urea groups is 1. The minimum atomic E-state index is -0.00317. The normalized spacial score (nSPS) is 22.2. The third-order valence-corrected chi connectivity index (χ3v) is 6.72. The molecular weight excluding hydrogens is 370 g/mol. The van der Waals surface area contributed by atoms with Crippen LogP contribution in [0.3, 0.4) is 0 Å². The van der Waals surface area contributed by atoms with Crippen molar-refractivity contribution in [2.45, 2.75) is 76.4 Å². The molecule has 2 amide bonds. The third-order valence-electron chi connectivity index (χ3n) is 6.72. The van der Waals surface area contributed by atoms with Gasteiger partial charge in [-0.25, -0.2) is 4.79 Å². The van der Waals surface area contributed by atoms with Crippen LogP contribution in [0.2, 0.25) is 0 Å². The van der Waals surface area contributed by atoms with Gasteiger partial charge in [0.1, 0.15) is 0 Å². The molecule has 1 aliphatic carbocycles. The zero-order valence-electron chi connectivity index (χ0n) is 18.3. The molecule has 1 aliphatic heterocycles. The van der Waals surface area contributed by atoms with Gasteiger partial charge in [0.15, 0.2) is 0 Å². The van der Waals surface area contributed by atoms with E-state index in [1.54, 1.807) is 0 Å². The Morgan fingerprint density at radius 2 is 1.37 bits per heavy atom. The molecule has 0 unspecified atom stereocenters. The number of rotatable bonds is 5. The van der Waals surface area contributed by atoms with Gasteiger partial charge in [-0.2, -0.15) is 0 Å². The Morgan fingerprint density at radius 1 is 0.833 bits per heavy atom. The molecule has 0 aromatic heterocycles. The van der Waals surface area contributed by atoms with E-state index in [1.165, 1.54) is 41.5 Å². The second-order valence-corrected chi connectivity index (χ2v) is 9.20. The van der Waals surface area contributed by atoms with Gasteiger partial charge in [-0.1, -0.05) is 78.9 Å². The van der Waals surface area contributed by atoms with Crippen LogP contribution in [-0.2, 0) is 0 Å². The standard InChI is InChI=1S/C26H35N3O/c1-18-8-12-20(13-9-18)25(21-14-10-19(2)11-15-21)24-16-23(17-27-24)29-26(30)28-22-6-4-3-5-7-22/h8-15,22-25,27H,3-7,16-17H2,1-2H3,(H2,28,29,30)/t23-,24-/m1/s1. The summed E-state index contributed by atoms with van der Waals surface area (Å²) in [6, 6.07) is 18.6. The fraction of sp³-hybridized carbons (Fsp3) is 0.500. The Labute approximate surface area is 180 Å². The van der Waals surface area contributed by atoms with Gasteiger partial charge in [0, 0.05) is 30.6 Å². The molecule has 4 heteroatoms. The van der Waals surface area contributed by atoms with Crippen molar-refractivity contribution >= 4 is 6.03 Å². The Balaban J connectivity index is 1.43. The summed E-state index contributed by atoms with van der Waals surface area (Å²) < 4.78 is 0. The smallest absolute Gasteiger partial charge is 0.315 e. The van der Waals surface area contributed by atoms with Crippen molar-refractivity contribution in [3.05, 3.63) is 70.8 Å². The maximum atomic E-state index is 12.5. The molecule has 2 fully saturated rings. The summed E-state index contributed by atoms with van der Waals surface area (Å²) >= 11 is 0. The number of amides is 2. The van der Waals surface area contributed by atoms with E-state index in [1.807, 2.05) is 0 Å². The highest BCUT2D eigenvalue weighted by Crippen LogP contribution is 2.32. The monoisotopic (exact) mass is 405 g/mol. The lowest BCUT2D eigenvalue weighted by molar-refractivity contribution is 0.229. The summed E-state index contributed by atoms with van der Waals surface area (Å²) in [6.07, 6.45) is 6.92. The average Bonchev–Trinajstić information content (AvgIpc) is 3.19. The Hall–Kier alpha value is -2.33. The number of nitrogens with one attached hydrogen (secondary N) is 3. The SMILES string of the molecule is Cc1ccc(C(c2ccc(C)cc2)[C@H]2C[C@@H](NC(=O)NC3CCCCC3)CN2)cc1. The van der Waals surface area contributed by atoms with Crippen molar-refractivity contribution in [2.24, 2.45) is 0 Å². The maximum absolute atomic E-state index is 12.5. The first-order chi connectivity index (χ1) is 14.6. The van der Waals surface area contributed by atoms with Gasteiger partial charge in [-0.3, -0.25) is 0 Å². The number of carbonyl (C=O) groups is 1. The maximum Gasteiger partial charge on any atom is 0.315 e. The molecule has 30 heavy (non-hydrogen) atoms. The first-order valence-corrected chi connectivity index (χ1v) is 11.5. The van der Waals surface area contributed by atoms with Crippen LogP contribution in [0.25, 0.3) is 0 Å². The molecule has 1 heterocycles. The minimum Gasteiger partial charge on any atom is -0.335 e. The number of carbonyl (C=O) groups excluding carboxylic acids is 1. The fourth-order valence-corrected chi connectivity index (χ4v) is 4.99. The lowest BCUT2D eigenvalue weighted by atomic mass is 9.83. The summed E-state index contributed by atoms with van der Waals surface area (Å²) in [7, 11) is 0. The highest BCUT2D eigenvalue weighted by atomic mass is 16.2. The number of hydrogen-bond acceptors (Lipinski definition) is 2. The first kappa shape index (κ1) is 20.9. The average molecular weight is 406 g/mol. The van der Waals surface area contributed by atoms with Crippen molar-refractivity contribution in [3.8, 4) is 0 Å². The molecule has 2 aromatic carbocycles.